The monoisotopic (exact) mass is 2080 g/mol. The number of nitrogens with zero attached hydrogens (tertiary/aromatic N) is 9. The lowest BCUT2D eigenvalue weighted by Crippen LogP contribution is -2.57. The van der Waals surface area contributed by atoms with E-state index in [1.54, 1.807) is 82.1 Å². The third-order valence-corrected chi connectivity index (χ3v) is 26.7. The second kappa shape index (κ2) is 61.6. The van der Waals surface area contributed by atoms with E-state index in [2.05, 4.69) is 128 Å². The summed E-state index contributed by atoms with van der Waals surface area (Å²) in [6.07, 6.45) is 16.8. The maximum atomic E-state index is 12.8. The molecule has 5 fully saturated rings. The molecule has 11 aromatic rings. The number of carbonyl (C=O) groups is 6. The Morgan fingerprint density at radius 1 is 0.678 bits per heavy atom. The molecule has 6 heterocycles. The zero-order valence-electron chi connectivity index (χ0n) is 86.8. The maximum Gasteiger partial charge on any atom is 0.307 e. The molecule has 1 saturated carbocycles. The minimum absolute atomic E-state index is 0.0413. The molecule has 16 rings (SSSR count). The van der Waals surface area contributed by atoms with Gasteiger partial charge in [-0.3, -0.25) is 53.6 Å². The molecule has 792 valence electrons. The Morgan fingerprint density at radius 3 is 1.97 bits per heavy atom. The van der Waals surface area contributed by atoms with E-state index in [1.165, 1.54) is 92.5 Å². The first kappa shape index (κ1) is 117. The number of nitro benzene ring substituents is 1. The summed E-state index contributed by atoms with van der Waals surface area (Å²) in [4.78, 5) is 104. The highest BCUT2D eigenvalue weighted by molar-refractivity contribution is 7.03. The first-order chi connectivity index (χ1) is 71.9. The average Bonchev–Trinajstić information content (AvgIpc) is 1.31. The number of pyridine rings is 1. The molecule has 34 heteroatoms. The number of aromatic nitrogens is 3. The molecular formula is C115H141ClFN14O17S+. The molecule has 2 unspecified atom stereocenters. The normalized spacial score (nSPS) is 15.4. The number of methoxy groups -OCH3 is 4. The molecule has 2 aromatic heterocycles. The number of ketones is 1. The number of nitro groups is 1. The van der Waals surface area contributed by atoms with Crippen molar-refractivity contribution in [2.45, 2.75) is 193 Å². The van der Waals surface area contributed by atoms with Gasteiger partial charge in [-0.2, -0.15) is 5.26 Å². The first-order valence-electron chi connectivity index (χ1n) is 50.6. The molecule has 0 spiro atoms. The minimum atomic E-state index is -0.939. The zero-order valence-corrected chi connectivity index (χ0v) is 88.4. The Kier molecular flexibility index (Phi) is 48.3. The predicted molar refractivity (Wildman–Crippen MR) is 577 cm³/mol. The van der Waals surface area contributed by atoms with Crippen LogP contribution >= 0.6 is 23.1 Å². The largest absolute Gasteiger partial charge is 0.508 e. The highest BCUT2D eigenvalue weighted by Gasteiger charge is 2.39. The lowest BCUT2D eigenvalue weighted by atomic mass is 9.81. The molecule has 5 aliphatic rings. The lowest BCUT2D eigenvalue weighted by Gasteiger charge is -2.49. The molecule has 2 bridgehead atoms. The molecule has 3 atom stereocenters. The van der Waals surface area contributed by atoms with Gasteiger partial charge in [0.2, 0.25) is 17.7 Å². The van der Waals surface area contributed by atoms with E-state index >= 15 is 0 Å². The number of aryl methyl sites for hydroxylation is 2. The van der Waals surface area contributed by atoms with Crippen molar-refractivity contribution in [3.05, 3.63) is 311 Å². The number of ether oxygens (including phenoxy) is 6. The summed E-state index contributed by atoms with van der Waals surface area (Å²) >= 11 is 7.60. The van der Waals surface area contributed by atoms with Crippen LogP contribution in [-0.2, 0) is 61.8 Å². The fourth-order valence-corrected chi connectivity index (χ4v) is 18.4. The number of anilines is 1. The summed E-state index contributed by atoms with van der Waals surface area (Å²) in [5.41, 5.74) is 11.8. The number of carboxylic acid groups (broad SMARTS) is 1. The number of amides is 4. The van der Waals surface area contributed by atoms with Crippen LogP contribution < -0.4 is 50.3 Å². The standard InChI is InChI=1S/C20H29ClN2O3.C20H21FO3.C20H25NO3.C18H25N3O3.C14H19N3O4.C14H13N3O.C9H8N2S/c1-25-18-12-16(21)11-15(20(18)26-2)13-23-9-7-14(8-10-23)3-6-19(24)22-17-4-5-17;21-18-11-9-15(10-12-18)7-4-8-19(22)14-17(20(23)24)13-16-5-2-1-3-6-16;1-20(2,3)15-9-11-16(12-10-15)24-14-13-21-19(22)17-7-5-6-8-18(17)23-4;1-2-9-20-15-6-4-7-16(20)12-14(11-15)19-18(22)13-5-3-8-17(10-13)21(23)24;1-16(20)12-2-3-13(18)11(8-12)9-15-14(19)10-17-4-6-21-7-5-17;1-18-14-12(9-15)13(7-8-16-14)17-10-11-5-3-2-4-6-11;1-7-2-4-8(5-3-7)9-6-12-11-10-9/h11-12,14,17H,3-10,13H2,1-2H3,(H,22,24);1-3,5-6,9-12,17H,4,7-8,13-14H2,(H,23,24);5-12H,13-14H2,1-4H3,(H,21,22);3,5,8,10,14-16H,2,4,6-7,9,11-12H2,1H3,(H,19,22);2-3,8H,4-7,9-10H2,1H3,(H-,15,18,19,20);2-8H,10H2,1H3,(H,16,17);2-6H,1H3/p+1/t;17-;;;;;/m.1...../s1. The Balaban J connectivity index is 0.000000179. The van der Waals surface area contributed by atoms with Gasteiger partial charge in [0, 0.05) is 155 Å². The van der Waals surface area contributed by atoms with Crippen molar-refractivity contribution < 1.29 is 81.5 Å². The van der Waals surface area contributed by atoms with Gasteiger partial charge in [0.05, 0.1) is 76.8 Å². The van der Waals surface area contributed by atoms with E-state index in [0.29, 0.717) is 151 Å². The highest BCUT2D eigenvalue weighted by atomic mass is 35.5. The summed E-state index contributed by atoms with van der Waals surface area (Å²) in [5.74, 6) is 1.64. The number of carbonyl (C=O) groups excluding carboxylic acids is 5. The van der Waals surface area contributed by atoms with Gasteiger partial charge in [0.1, 0.15) is 52.8 Å². The second-order valence-corrected chi connectivity index (χ2v) is 39.2. The molecule has 149 heavy (non-hydrogen) atoms. The number of aliphatic carboxylic acids is 1. The number of rotatable bonds is 38. The van der Waals surface area contributed by atoms with Gasteiger partial charge in [-0.05, 0) is 216 Å². The minimum Gasteiger partial charge on any atom is -0.508 e. The number of nitrogens with one attached hydrogen (secondary N) is 5. The van der Waals surface area contributed by atoms with E-state index < -0.39 is 16.8 Å². The Bertz CT molecular complexity index is 6080. The van der Waals surface area contributed by atoms with Gasteiger partial charge in [0.25, 0.3) is 23.2 Å². The Hall–Kier alpha value is -14.1. The number of nitroso groups, excluding NO2 is 1. The predicted octanol–water partition coefficient (Wildman–Crippen LogP) is 20.1. The topological polar surface area (TPSA) is 394 Å². The second-order valence-electron chi connectivity index (χ2n) is 38.2. The number of para-hydroxylation sites is 1. The number of hydrogen-bond donors (Lipinski definition) is 7. The number of morpholine rings is 1. The summed E-state index contributed by atoms with van der Waals surface area (Å²) in [5, 5.41) is 60.6. The Labute approximate surface area is 882 Å². The molecule has 4 aliphatic heterocycles. The highest BCUT2D eigenvalue weighted by Crippen LogP contribution is 2.39. The quantitative estimate of drug-likeness (QED) is 0.00818. The fourth-order valence-electron chi connectivity index (χ4n) is 17.7. The fraction of sp³-hybridized carbons (Fsp3) is 0.409. The van der Waals surface area contributed by atoms with Crippen LogP contribution in [0.1, 0.15) is 189 Å². The summed E-state index contributed by atoms with van der Waals surface area (Å²) in [6, 6.07) is 68.9. The number of fused-ring (bicyclic) bond motifs is 2. The van der Waals surface area contributed by atoms with Gasteiger partial charge in [-0.15, -0.1) is 5.10 Å². The maximum absolute atomic E-state index is 12.8. The van der Waals surface area contributed by atoms with Crippen molar-refractivity contribution in [1.82, 2.24) is 50.5 Å². The molecule has 4 amide bonds. The van der Waals surface area contributed by atoms with Crippen LogP contribution in [0.15, 0.2) is 230 Å². The van der Waals surface area contributed by atoms with E-state index in [0.717, 1.165) is 141 Å². The number of non-ortho nitro benzene ring substituents is 1. The van der Waals surface area contributed by atoms with Gasteiger partial charge in [-0.25, -0.2) is 9.37 Å². The molecule has 4 saturated heterocycles. The van der Waals surface area contributed by atoms with Crippen LogP contribution in [0.4, 0.5) is 21.5 Å². The van der Waals surface area contributed by atoms with Crippen LogP contribution in [0.25, 0.3) is 11.3 Å². The molecular weight excluding hydrogens is 1940 g/mol. The van der Waals surface area contributed by atoms with E-state index in [-0.39, 0.29) is 71.1 Å². The molecule has 1 aliphatic carbocycles. The molecule has 7 N–H and O–H groups in total. The molecule has 31 nitrogen and oxygen atoms in total. The number of nitriles is 1. The summed E-state index contributed by atoms with van der Waals surface area (Å²) in [7, 11) is 7.73. The zero-order chi connectivity index (χ0) is 107. The van der Waals surface area contributed by atoms with Crippen LogP contribution in [0, 0.1) is 50.9 Å². The van der Waals surface area contributed by atoms with Crippen molar-refractivity contribution >= 4 is 75.6 Å². The van der Waals surface area contributed by atoms with E-state index in [9.17, 15) is 58.4 Å². The number of aromatic hydroxyl groups is 1. The number of hydrogen-bond acceptors (Lipinski definition) is 25. The third-order valence-electron chi connectivity index (χ3n) is 25.9. The average molecular weight is 2080 g/mol. The number of Topliss-reactive ketones (excluding diaryl/α,β-unsaturated/α-hetero) is 1. The lowest BCUT2D eigenvalue weighted by molar-refractivity contribution is -0.428. The van der Waals surface area contributed by atoms with Gasteiger partial charge >= 0.3 is 5.97 Å². The number of carboxylic acids is 1. The van der Waals surface area contributed by atoms with Crippen LogP contribution in [0.3, 0.4) is 0 Å². The summed E-state index contributed by atoms with van der Waals surface area (Å²) < 4.78 is 49.4. The molecule has 0 radical (unpaired) electrons. The van der Waals surface area contributed by atoms with Crippen LogP contribution in [0.5, 0.6) is 34.6 Å². The third kappa shape index (κ3) is 40.1. The van der Waals surface area contributed by atoms with Crippen molar-refractivity contribution in [2.75, 3.05) is 106 Å². The number of piperidine rings is 3. The summed E-state index contributed by atoms with van der Waals surface area (Å²) in [6.45, 7) is 19.6. The first-order valence-corrected chi connectivity index (χ1v) is 51.9. The van der Waals surface area contributed by atoms with E-state index in [1.807, 2.05) is 101 Å². The number of phenols is 1. The van der Waals surface area contributed by atoms with Crippen molar-refractivity contribution in [1.29, 1.82) is 5.26 Å². The smallest absolute Gasteiger partial charge is 0.307 e. The van der Waals surface area contributed by atoms with Crippen LogP contribution in [-0.4, -0.2) is 210 Å². The number of halogens is 2. The van der Waals surface area contributed by atoms with Gasteiger partial charge < -0.3 is 65.2 Å². The Morgan fingerprint density at radius 2 is 1.36 bits per heavy atom. The number of likely N-dealkylation sites (tertiary alicyclic amines) is 1. The van der Waals surface area contributed by atoms with Crippen molar-refractivity contribution in [2.24, 2.45) is 11.8 Å². The number of phenolic OH excluding ortho intramolecular Hbond substituents is 1. The van der Waals surface area contributed by atoms with Crippen LogP contribution in [0.2, 0.25) is 5.02 Å². The number of benzene rings is 9. The van der Waals surface area contributed by atoms with E-state index in [4.69, 9.17) is 45.3 Å². The van der Waals surface area contributed by atoms with Gasteiger partial charge in [-0.1, -0.05) is 183 Å². The van der Waals surface area contributed by atoms with Crippen molar-refractivity contribution in [3.63, 3.8) is 0 Å². The van der Waals surface area contributed by atoms with Gasteiger partial charge in [0.15, 0.2) is 18.5 Å². The molecule has 9 aromatic carbocycles. The SMILES string of the molecule is CCCN1C2CCCC1CC(NC(=O)c1cccc([N+](=O)[O-])c1)C2.COc1cc(Cl)cc(CN2CCC(CCC(=O)NC3CC3)CC2)c1OC.COc1ccccc1C(=O)NCCOc1ccc(C(C)(C)C)cc1.COc1nccc(NCc2ccccc2)c1C#N.C[N+](=O)c1ccc(O)c(CNC(=O)CN2CCOCC2)c1.Cc1ccc(-c2csnn2)cc1.O=C(CCCc1ccc(F)cc1)C[C@@H](Cc1ccccc1)C(=O)O. The van der Waals surface area contributed by atoms with Crippen molar-refractivity contribution in [3.8, 4) is 52.0 Å².